The van der Waals surface area contributed by atoms with Gasteiger partial charge in [-0.15, -0.1) is 0 Å². The Labute approximate surface area is 253 Å². The van der Waals surface area contributed by atoms with Gasteiger partial charge in [-0.25, -0.2) is 12.8 Å². The molecule has 1 saturated carbocycles. The number of carbonyl (C=O) groups excluding carboxylic acids is 2. The standard InChI is InChI=1S/C33H40FN3O5S/c1-3-42-30-18-16-29(17-19-30)37(43(40,41)31-20-14-27(34)15-21-31)24-32(38)36(23-22-26-10-6-4-7-11-26)25(2)33(39)35-28-12-8-5-9-13-28/h4,6-7,10-11,14-21,25,28H,3,5,8-9,12-13,22-24H2,1-2H3,(H,35,39)/t25-/m0/s1. The molecule has 1 aliphatic carbocycles. The summed E-state index contributed by atoms with van der Waals surface area (Å²) < 4.78 is 47.9. The van der Waals surface area contributed by atoms with Crippen molar-refractivity contribution in [2.45, 2.75) is 69.4 Å². The van der Waals surface area contributed by atoms with E-state index in [2.05, 4.69) is 5.32 Å². The Balaban J connectivity index is 1.64. The zero-order valence-electron chi connectivity index (χ0n) is 24.7. The number of hydrogen-bond acceptors (Lipinski definition) is 5. The van der Waals surface area contributed by atoms with Crippen LogP contribution in [0.1, 0.15) is 51.5 Å². The van der Waals surface area contributed by atoms with Crippen molar-refractivity contribution in [3.8, 4) is 5.75 Å². The lowest BCUT2D eigenvalue weighted by atomic mass is 9.95. The number of halogens is 1. The SMILES string of the molecule is CCOc1ccc(N(CC(=O)N(CCc2ccccc2)[C@@H](C)C(=O)NC2CCCCC2)S(=O)(=O)c2ccc(F)cc2)cc1. The summed E-state index contributed by atoms with van der Waals surface area (Å²) in [4.78, 5) is 28.7. The zero-order valence-corrected chi connectivity index (χ0v) is 25.6. The van der Waals surface area contributed by atoms with Gasteiger partial charge < -0.3 is 15.0 Å². The Morgan fingerprint density at radius 2 is 1.60 bits per heavy atom. The largest absolute Gasteiger partial charge is 0.494 e. The molecule has 0 saturated heterocycles. The minimum absolute atomic E-state index is 0.0639. The summed E-state index contributed by atoms with van der Waals surface area (Å²) in [6, 6.07) is 19.7. The number of sulfonamides is 1. The average Bonchev–Trinajstić information content (AvgIpc) is 3.01. The highest BCUT2D eigenvalue weighted by Gasteiger charge is 2.33. The van der Waals surface area contributed by atoms with E-state index in [1.54, 1.807) is 31.2 Å². The maximum atomic E-state index is 14.0. The van der Waals surface area contributed by atoms with Gasteiger partial charge in [-0.3, -0.25) is 13.9 Å². The zero-order chi connectivity index (χ0) is 30.8. The van der Waals surface area contributed by atoms with E-state index in [1.807, 2.05) is 37.3 Å². The molecule has 0 bridgehead atoms. The fraction of sp³-hybridized carbons (Fsp3) is 0.394. The molecule has 8 nitrogen and oxygen atoms in total. The Morgan fingerprint density at radius 1 is 0.953 bits per heavy atom. The van der Waals surface area contributed by atoms with Gasteiger partial charge >= 0.3 is 0 Å². The highest BCUT2D eigenvalue weighted by atomic mass is 32.2. The quantitative estimate of drug-likeness (QED) is 0.283. The summed E-state index contributed by atoms with van der Waals surface area (Å²) in [5, 5.41) is 3.10. The molecule has 1 aliphatic rings. The van der Waals surface area contributed by atoms with E-state index in [0.29, 0.717) is 18.8 Å². The third-order valence-corrected chi connectivity index (χ3v) is 9.51. The predicted molar refractivity (Wildman–Crippen MR) is 165 cm³/mol. The molecular weight excluding hydrogens is 569 g/mol. The molecule has 0 spiro atoms. The van der Waals surface area contributed by atoms with Crippen LogP contribution in [0, 0.1) is 5.82 Å². The van der Waals surface area contributed by atoms with Gasteiger partial charge in [-0.2, -0.15) is 0 Å². The molecule has 3 aromatic rings. The van der Waals surface area contributed by atoms with E-state index in [4.69, 9.17) is 4.74 Å². The van der Waals surface area contributed by atoms with Crippen LogP contribution in [0.2, 0.25) is 0 Å². The molecule has 3 aromatic carbocycles. The van der Waals surface area contributed by atoms with Gasteiger partial charge in [0.15, 0.2) is 0 Å². The molecule has 10 heteroatoms. The number of nitrogens with one attached hydrogen (secondary N) is 1. The second-order valence-corrected chi connectivity index (χ2v) is 12.6. The minimum atomic E-state index is -4.28. The van der Waals surface area contributed by atoms with E-state index in [1.165, 1.54) is 17.0 Å². The van der Waals surface area contributed by atoms with Gasteiger partial charge in [-0.1, -0.05) is 49.6 Å². The second kappa shape index (κ2) is 15.0. The fourth-order valence-electron chi connectivity index (χ4n) is 5.28. The van der Waals surface area contributed by atoms with Crippen LogP contribution in [0.4, 0.5) is 10.1 Å². The smallest absolute Gasteiger partial charge is 0.264 e. The number of benzene rings is 3. The number of carbonyl (C=O) groups is 2. The molecule has 0 aromatic heterocycles. The van der Waals surface area contributed by atoms with Crippen LogP contribution in [-0.4, -0.2) is 56.9 Å². The van der Waals surface area contributed by atoms with Crippen LogP contribution in [0.5, 0.6) is 5.75 Å². The van der Waals surface area contributed by atoms with E-state index in [0.717, 1.165) is 54.1 Å². The van der Waals surface area contributed by atoms with Crippen molar-refractivity contribution in [1.82, 2.24) is 10.2 Å². The van der Waals surface area contributed by atoms with E-state index < -0.39 is 34.3 Å². The van der Waals surface area contributed by atoms with Crippen molar-refractivity contribution >= 4 is 27.5 Å². The summed E-state index contributed by atoms with van der Waals surface area (Å²) in [7, 11) is -4.28. The van der Waals surface area contributed by atoms with Crippen LogP contribution >= 0.6 is 0 Å². The lowest BCUT2D eigenvalue weighted by molar-refractivity contribution is -0.139. The topological polar surface area (TPSA) is 96.0 Å². The number of hydrogen-bond donors (Lipinski definition) is 1. The first kappa shape index (κ1) is 32.0. The van der Waals surface area contributed by atoms with Gasteiger partial charge in [0, 0.05) is 12.6 Å². The molecule has 0 aliphatic heterocycles. The Kier molecular flexibility index (Phi) is 11.2. The van der Waals surface area contributed by atoms with Crippen LogP contribution in [0.3, 0.4) is 0 Å². The second-order valence-electron chi connectivity index (χ2n) is 10.7. The number of rotatable bonds is 13. The number of nitrogens with zero attached hydrogens (tertiary/aromatic N) is 2. The highest BCUT2D eigenvalue weighted by molar-refractivity contribution is 7.92. The normalized spacial score (nSPS) is 14.5. The number of ether oxygens (including phenoxy) is 1. The van der Waals surface area contributed by atoms with Crippen molar-refractivity contribution in [2.24, 2.45) is 0 Å². The molecule has 1 N–H and O–H groups in total. The first-order valence-corrected chi connectivity index (χ1v) is 16.3. The van der Waals surface area contributed by atoms with E-state index in [9.17, 15) is 22.4 Å². The number of amides is 2. The van der Waals surface area contributed by atoms with Crippen molar-refractivity contribution in [3.63, 3.8) is 0 Å². The fourth-order valence-corrected chi connectivity index (χ4v) is 6.69. The highest BCUT2D eigenvalue weighted by Crippen LogP contribution is 2.27. The molecule has 2 amide bonds. The lowest BCUT2D eigenvalue weighted by Crippen LogP contribution is -2.53. The van der Waals surface area contributed by atoms with Gasteiger partial charge in [0.05, 0.1) is 17.2 Å². The maximum Gasteiger partial charge on any atom is 0.264 e. The minimum Gasteiger partial charge on any atom is -0.494 e. The van der Waals surface area contributed by atoms with Gasteiger partial charge in [0.2, 0.25) is 11.8 Å². The lowest BCUT2D eigenvalue weighted by Gasteiger charge is -2.33. The molecule has 1 atom stereocenters. The van der Waals surface area contributed by atoms with Crippen LogP contribution in [0.15, 0.2) is 83.8 Å². The molecule has 4 rings (SSSR count). The molecule has 0 heterocycles. The molecular formula is C33H40FN3O5S. The van der Waals surface area contributed by atoms with Crippen molar-refractivity contribution in [1.29, 1.82) is 0 Å². The van der Waals surface area contributed by atoms with Crippen molar-refractivity contribution in [3.05, 3.63) is 90.2 Å². The number of anilines is 1. The van der Waals surface area contributed by atoms with Gasteiger partial charge in [0.1, 0.15) is 24.2 Å². The van der Waals surface area contributed by atoms with Crippen LogP contribution in [-0.2, 0) is 26.0 Å². The van der Waals surface area contributed by atoms with Crippen molar-refractivity contribution in [2.75, 3.05) is 24.0 Å². The van der Waals surface area contributed by atoms with Gasteiger partial charge in [-0.05, 0) is 87.2 Å². The first-order chi connectivity index (χ1) is 20.7. The third kappa shape index (κ3) is 8.56. The Bertz CT molecular complexity index is 1440. The monoisotopic (exact) mass is 609 g/mol. The molecule has 43 heavy (non-hydrogen) atoms. The molecule has 0 unspecified atom stereocenters. The van der Waals surface area contributed by atoms with Crippen LogP contribution < -0.4 is 14.4 Å². The molecule has 0 radical (unpaired) electrons. The van der Waals surface area contributed by atoms with Crippen LogP contribution in [0.25, 0.3) is 0 Å². The maximum absolute atomic E-state index is 14.0. The van der Waals surface area contributed by atoms with Gasteiger partial charge in [0.25, 0.3) is 10.0 Å². The molecule has 1 fully saturated rings. The predicted octanol–water partition coefficient (Wildman–Crippen LogP) is 5.33. The Morgan fingerprint density at radius 3 is 2.23 bits per heavy atom. The summed E-state index contributed by atoms with van der Waals surface area (Å²) in [6.07, 6.45) is 5.53. The first-order valence-electron chi connectivity index (χ1n) is 14.8. The van der Waals surface area contributed by atoms with E-state index >= 15 is 0 Å². The summed E-state index contributed by atoms with van der Waals surface area (Å²) in [6.45, 7) is 3.62. The van der Waals surface area contributed by atoms with Crippen molar-refractivity contribution < 1.29 is 27.1 Å². The summed E-state index contributed by atoms with van der Waals surface area (Å²) >= 11 is 0. The third-order valence-electron chi connectivity index (χ3n) is 7.72. The Hall–Kier alpha value is -3.92. The average molecular weight is 610 g/mol. The summed E-state index contributed by atoms with van der Waals surface area (Å²) in [5.41, 5.74) is 1.23. The van der Waals surface area contributed by atoms with E-state index in [-0.39, 0.29) is 29.1 Å². The summed E-state index contributed by atoms with van der Waals surface area (Å²) in [5.74, 6) is -0.814. The molecule has 230 valence electrons.